The third kappa shape index (κ3) is 2.58. The van der Waals surface area contributed by atoms with Crippen LogP contribution >= 0.6 is 15.9 Å². The van der Waals surface area contributed by atoms with E-state index in [0.717, 1.165) is 16.8 Å². The molecule has 16 heavy (non-hydrogen) atoms. The van der Waals surface area contributed by atoms with Crippen molar-refractivity contribution in [2.75, 3.05) is 7.11 Å². The van der Waals surface area contributed by atoms with Gasteiger partial charge in [0.15, 0.2) is 0 Å². The van der Waals surface area contributed by atoms with Gasteiger partial charge in [0, 0.05) is 22.6 Å². The molecule has 1 saturated carbocycles. The number of hydrogen-bond donors (Lipinski definition) is 1. The summed E-state index contributed by atoms with van der Waals surface area (Å²) in [5.41, 5.74) is 1.68. The van der Waals surface area contributed by atoms with Crippen LogP contribution in [0, 0.1) is 5.41 Å². The molecule has 0 aromatic heterocycles. The second-order valence-corrected chi connectivity index (χ2v) is 6.00. The number of halogens is 1. The van der Waals surface area contributed by atoms with Gasteiger partial charge in [0.25, 0.3) is 0 Å². The average molecular weight is 284 g/mol. The number of rotatable bonds is 4. The number of ether oxygens (including phenoxy) is 1. The molecule has 0 heterocycles. The van der Waals surface area contributed by atoms with E-state index in [1.54, 1.807) is 7.11 Å². The van der Waals surface area contributed by atoms with Gasteiger partial charge in [-0.2, -0.15) is 0 Å². The van der Waals surface area contributed by atoms with Crippen LogP contribution in [0.4, 0.5) is 0 Å². The molecule has 0 amide bonds. The quantitative estimate of drug-likeness (QED) is 0.915. The smallest absolute Gasteiger partial charge is 0.123 e. The zero-order valence-corrected chi connectivity index (χ0v) is 11.6. The lowest BCUT2D eigenvalue weighted by Gasteiger charge is -2.11. The van der Waals surface area contributed by atoms with Crippen molar-refractivity contribution in [2.24, 2.45) is 5.41 Å². The van der Waals surface area contributed by atoms with E-state index in [0.29, 0.717) is 11.5 Å². The Balaban J connectivity index is 2.00. The first kappa shape index (κ1) is 11.9. The SMILES string of the molecule is COc1ccc(Br)cc1CNC1CC1(C)C. The molecule has 88 valence electrons. The van der Waals surface area contributed by atoms with Gasteiger partial charge in [0.05, 0.1) is 7.11 Å². The van der Waals surface area contributed by atoms with E-state index < -0.39 is 0 Å². The van der Waals surface area contributed by atoms with E-state index >= 15 is 0 Å². The summed E-state index contributed by atoms with van der Waals surface area (Å²) in [7, 11) is 1.72. The molecule has 0 saturated heterocycles. The van der Waals surface area contributed by atoms with Crippen LogP contribution in [-0.2, 0) is 6.54 Å². The van der Waals surface area contributed by atoms with Crippen molar-refractivity contribution in [1.82, 2.24) is 5.32 Å². The third-order valence-corrected chi connectivity index (χ3v) is 3.79. The van der Waals surface area contributed by atoms with Crippen molar-refractivity contribution < 1.29 is 4.74 Å². The minimum absolute atomic E-state index is 0.471. The fourth-order valence-corrected chi connectivity index (χ4v) is 2.34. The first-order valence-electron chi connectivity index (χ1n) is 5.59. The van der Waals surface area contributed by atoms with Gasteiger partial charge in [-0.1, -0.05) is 29.8 Å². The molecule has 0 spiro atoms. The predicted molar refractivity (Wildman–Crippen MR) is 69.7 cm³/mol. The lowest BCUT2D eigenvalue weighted by molar-refractivity contribution is 0.406. The summed E-state index contributed by atoms with van der Waals surface area (Å²) in [6.07, 6.45) is 1.27. The van der Waals surface area contributed by atoms with Gasteiger partial charge in [-0.05, 0) is 30.0 Å². The number of hydrogen-bond acceptors (Lipinski definition) is 2. The first-order valence-corrected chi connectivity index (χ1v) is 6.38. The first-order chi connectivity index (χ1) is 7.53. The molecule has 1 aliphatic carbocycles. The molecule has 1 atom stereocenters. The zero-order chi connectivity index (χ0) is 11.8. The van der Waals surface area contributed by atoms with Crippen LogP contribution in [0.25, 0.3) is 0 Å². The van der Waals surface area contributed by atoms with Crippen molar-refractivity contribution in [3.63, 3.8) is 0 Å². The minimum Gasteiger partial charge on any atom is -0.496 e. The summed E-state index contributed by atoms with van der Waals surface area (Å²) in [4.78, 5) is 0. The van der Waals surface area contributed by atoms with Gasteiger partial charge < -0.3 is 10.1 Å². The van der Waals surface area contributed by atoms with Crippen molar-refractivity contribution >= 4 is 15.9 Å². The third-order valence-electron chi connectivity index (χ3n) is 3.29. The van der Waals surface area contributed by atoms with Gasteiger partial charge in [0.2, 0.25) is 0 Å². The van der Waals surface area contributed by atoms with Crippen molar-refractivity contribution in [3.8, 4) is 5.75 Å². The lowest BCUT2D eigenvalue weighted by Crippen LogP contribution is -2.20. The average Bonchev–Trinajstić information content (AvgIpc) is 2.84. The highest BCUT2D eigenvalue weighted by Gasteiger charge is 2.45. The Morgan fingerprint density at radius 1 is 1.50 bits per heavy atom. The molecule has 2 rings (SSSR count). The second kappa shape index (κ2) is 4.38. The zero-order valence-electron chi connectivity index (χ0n) is 10.0. The van der Waals surface area contributed by atoms with Crippen LogP contribution < -0.4 is 10.1 Å². The van der Waals surface area contributed by atoms with Crippen LogP contribution in [0.5, 0.6) is 5.75 Å². The van der Waals surface area contributed by atoms with Crippen LogP contribution in [0.15, 0.2) is 22.7 Å². The maximum Gasteiger partial charge on any atom is 0.123 e. The Kier molecular flexibility index (Phi) is 3.27. The molecule has 2 nitrogen and oxygen atoms in total. The molecule has 0 radical (unpaired) electrons. The van der Waals surface area contributed by atoms with Gasteiger partial charge >= 0.3 is 0 Å². The van der Waals surface area contributed by atoms with Gasteiger partial charge in [-0.15, -0.1) is 0 Å². The van der Waals surface area contributed by atoms with E-state index in [-0.39, 0.29) is 0 Å². The van der Waals surface area contributed by atoms with Crippen LogP contribution in [0.3, 0.4) is 0 Å². The van der Waals surface area contributed by atoms with Crippen molar-refractivity contribution in [3.05, 3.63) is 28.2 Å². The van der Waals surface area contributed by atoms with Gasteiger partial charge in [-0.3, -0.25) is 0 Å². The Morgan fingerprint density at radius 3 is 2.75 bits per heavy atom. The fraction of sp³-hybridized carbons (Fsp3) is 0.538. The lowest BCUT2D eigenvalue weighted by atomic mass is 10.1. The van der Waals surface area contributed by atoms with Crippen molar-refractivity contribution in [1.29, 1.82) is 0 Å². The predicted octanol–water partition coefficient (Wildman–Crippen LogP) is 3.35. The molecule has 1 unspecified atom stereocenters. The summed E-state index contributed by atoms with van der Waals surface area (Å²) in [6.45, 7) is 5.46. The van der Waals surface area contributed by atoms with Crippen LogP contribution in [-0.4, -0.2) is 13.2 Å². The standard InChI is InChI=1S/C13H18BrNO/c1-13(2)7-12(13)15-8-9-6-10(14)4-5-11(9)16-3/h4-6,12,15H,7-8H2,1-3H3. The Morgan fingerprint density at radius 2 is 2.19 bits per heavy atom. The van der Waals surface area contributed by atoms with Crippen LogP contribution in [0.2, 0.25) is 0 Å². The largest absolute Gasteiger partial charge is 0.496 e. The van der Waals surface area contributed by atoms with Crippen molar-refractivity contribution in [2.45, 2.75) is 32.9 Å². The summed E-state index contributed by atoms with van der Waals surface area (Å²) in [5, 5.41) is 3.56. The van der Waals surface area contributed by atoms with Gasteiger partial charge in [-0.25, -0.2) is 0 Å². The molecule has 1 aliphatic rings. The fourth-order valence-electron chi connectivity index (χ4n) is 1.93. The molecule has 1 fully saturated rings. The highest BCUT2D eigenvalue weighted by molar-refractivity contribution is 9.10. The number of nitrogens with one attached hydrogen (secondary N) is 1. The summed E-state index contributed by atoms with van der Waals surface area (Å²) >= 11 is 3.49. The molecule has 0 aliphatic heterocycles. The molecule has 1 aromatic rings. The Hall–Kier alpha value is -0.540. The Labute approximate surface area is 106 Å². The molecule has 0 bridgehead atoms. The van der Waals surface area contributed by atoms with E-state index in [4.69, 9.17) is 4.74 Å². The maximum atomic E-state index is 5.34. The highest BCUT2D eigenvalue weighted by Crippen LogP contribution is 2.44. The molecule has 1 N–H and O–H groups in total. The molecular formula is C13H18BrNO. The monoisotopic (exact) mass is 283 g/mol. The van der Waals surface area contributed by atoms with E-state index in [1.807, 2.05) is 12.1 Å². The highest BCUT2D eigenvalue weighted by atomic mass is 79.9. The van der Waals surface area contributed by atoms with Gasteiger partial charge in [0.1, 0.15) is 5.75 Å². The summed E-state index contributed by atoms with van der Waals surface area (Å²) in [5.74, 6) is 0.953. The van der Waals surface area contributed by atoms with E-state index in [9.17, 15) is 0 Å². The molecule has 3 heteroatoms. The van der Waals surface area contributed by atoms with E-state index in [1.165, 1.54) is 12.0 Å². The Bertz CT molecular complexity index is 390. The normalized spacial score (nSPS) is 21.9. The number of methoxy groups -OCH3 is 1. The molecular weight excluding hydrogens is 266 g/mol. The summed E-state index contributed by atoms with van der Waals surface area (Å²) in [6, 6.07) is 6.76. The van der Waals surface area contributed by atoms with E-state index in [2.05, 4.69) is 41.2 Å². The second-order valence-electron chi connectivity index (χ2n) is 5.08. The van der Waals surface area contributed by atoms with Crippen LogP contribution in [0.1, 0.15) is 25.8 Å². The topological polar surface area (TPSA) is 21.3 Å². The number of benzene rings is 1. The molecule has 1 aromatic carbocycles. The maximum absolute atomic E-state index is 5.34. The summed E-state index contributed by atoms with van der Waals surface area (Å²) < 4.78 is 6.44. The minimum atomic E-state index is 0.471.